The molecule has 176 valence electrons. The fourth-order valence-corrected chi connectivity index (χ4v) is 3.37. The molecule has 0 unspecified atom stereocenters. The van der Waals surface area contributed by atoms with E-state index < -0.39 is 6.29 Å². The summed E-state index contributed by atoms with van der Waals surface area (Å²) in [6.45, 7) is 7.38. The van der Waals surface area contributed by atoms with E-state index >= 15 is 0 Å². The Balaban J connectivity index is 2.36. The third kappa shape index (κ3) is 6.97. The Kier molecular flexibility index (Phi) is 11.0. The highest BCUT2D eigenvalue weighted by atomic mass is 16.7. The number of ether oxygens (including phenoxy) is 6. The summed E-state index contributed by atoms with van der Waals surface area (Å²) in [5.41, 5.74) is 2.81. The van der Waals surface area contributed by atoms with Crippen LogP contribution in [0.25, 0.3) is 0 Å². The summed E-state index contributed by atoms with van der Waals surface area (Å²) in [6, 6.07) is 11.8. The molecule has 0 aliphatic rings. The van der Waals surface area contributed by atoms with Crippen LogP contribution >= 0.6 is 0 Å². The number of benzene rings is 2. The van der Waals surface area contributed by atoms with Crippen LogP contribution in [0.5, 0.6) is 17.2 Å². The molecule has 32 heavy (non-hydrogen) atoms. The molecule has 0 amide bonds. The summed E-state index contributed by atoms with van der Waals surface area (Å²) in [7, 11) is 6.45. The molecule has 0 heterocycles. The van der Waals surface area contributed by atoms with Crippen molar-refractivity contribution in [2.45, 2.75) is 25.9 Å². The van der Waals surface area contributed by atoms with Gasteiger partial charge in [-0.2, -0.15) is 0 Å². The zero-order valence-electron chi connectivity index (χ0n) is 19.7. The van der Waals surface area contributed by atoms with Crippen LogP contribution in [0.1, 0.15) is 22.7 Å². The standard InChI is InChI=1S/C25H35NO6/c1-7-13-32-22-14-20(25(30-6)24(29-5)18(22)2)21(26-15-23(27-3)28-4)17-31-16-19-11-9-8-10-12-19/h7-12,14,21,23,26H,1,13,15-17H2,2-6H3/t21-/m0/s1. The van der Waals surface area contributed by atoms with E-state index in [0.29, 0.717) is 43.6 Å². The summed E-state index contributed by atoms with van der Waals surface area (Å²) < 4.78 is 34.1. The summed E-state index contributed by atoms with van der Waals surface area (Å²) in [4.78, 5) is 0. The second-order valence-corrected chi connectivity index (χ2v) is 7.12. The van der Waals surface area contributed by atoms with Crippen molar-refractivity contribution in [2.75, 3.05) is 48.2 Å². The van der Waals surface area contributed by atoms with Crippen molar-refractivity contribution >= 4 is 0 Å². The van der Waals surface area contributed by atoms with Crippen LogP contribution in [-0.2, 0) is 20.8 Å². The highest BCUT2D eigenvalue weighted by Gasteiger charge is 2.25. The van der Waals surface area contributed by atoms with E-state index in [1.807, 2.05) is 43.3 Å². The third-order valence-electron chi connectivity index (χ3n) is 5.06. The van der Waals surface area contributed by atoms with Crippen molar-refractivity contribution in [1.29, 1.82) is 0 Å². The van der Waals surface area contributed by atoms with Crippen LogP contribution in [0.4, 0.5) is 0 Å². The molecule has 0 aliphatic carbocycles. The molecule has 2 aromatic carbocycles. The Morgan fingerprint density at radius 1 is 1.00 bits per heavy atom. The van der Waals surface area contributed by atoms with Gasteiger partial charge < -0.3 is 33.7 Å². The fourth-order valence-electron chi connectivity index (χ4n) is 3.37. The molecular weight excluding hydrogens is 410 g/mol. The Hall–Kier alpha value is -2.58. The minimum Gasteiger partial charge on any atom is -0.492 e. The van der Waals surface area contributed by atoms with Crippen molar-refractivity contribution in [3.05, 3.63) is 65.7 Å². The zero-order valence-corrected chi connectivity index (χ0v) is 19.7. The van der Waals surface area contributed by atoms with Gasteiger partial charge in [0.2, 0.25) is 0 Å². The third-order valence-corrected chi connectivity index (χ3v) is 5.06. The van der Waals surface area contributed by atoms with Gasteiger partial charge in [0.15, 0.2) is 17.8 Å². The van der Waals surface area contributed by atoms with Gasteiger partial charge in [-0.3, -0.25) is 0 Å². The minimum absolute atomic E-state index is 0.234. The number of hydrogen-bond donors (Lipinski definition) is 1. The van der Waals surface area contributed by atoms with Gasteiger partial charge >= 0.3 is 0 Å². The molecule has 7 nitrogen and oxygen atoms in total. The smallest absolute Gasteiger partial charge is 0.169 e. The molecule has 2 rings (SSSR count). The van der Waals surface area contributed by atoms with E-state index in [2.05, 4.69) is 11.9 Å². The summed E-state index contributed by atoms with van der Waals surface area (Å²) in [6.07, 6.45) is 1.30. The fraction of sp³-hybridized carbons (Fsp3) is 0.440. The van der Waals surface area contributed by atoms with Crippen molar-refractivity contribution in [1.82, 2.24) is 5.32 Å². The van der Waals surface area contributed by atoms with Crippen molar-refractivity contribution in [3.63, 3.8) is 0 Å². The monoisotopic (exact) mass is 445 g/mol. The first kappa shape index (κ1) is 25.7. The lowest BCUT2D eigenvalue weighted by Crippen LogP contribution is -2.35. The van der Waals surface area contributed by atoms with Gasteiger partial charge in [-0.25, -0.2) is 0 Å². The van der Waals surface area contributed by atoms with Gasteiger partial charge in [0.25, 0.3) is 0 Å². The van der Waals surface area contributed by atoms with Crippen molar-refractivity contribution in [2.24, 2.45) is 0 Å². The zero-order chi connectivity index (χ0) is 23.3. The molecule has 0 fully saturated rings. The maximum Gasteiger partial charge on any atom is 0.169 e. The predicted octanol–water partition coefficient (Wildman–Crippen LogP) is 4.04. The Labute approximate surface area is 191 Å². The molecular formula is C25H35NO6. The maximum atomic E-state index is 6.06. The van der Waals surface area contributed by atoms with E-state index in [9.17, 15) is 0 Å². The van der Waals surface area contributed by atoms with Gasteiger partial charge in [0, 0.05) is 31.9 Å². The summed E-state index contributed by atoms with van der Waals surface area (Å²) in [5.74, 6) is 1.94. The van der Waals surface area contributed by atoms with E-state index in [1.54, 1.807) is 34.5 Å². The molecule has 0 saturated carbocycles. The SMILES string of the molecule is C=CCOc1cc([C@H](COCc2ccccc2)NCC(OC)OC)c(OC)c(OC)c1C. The molecule has 7 heteroatoms. The van der Waals surface area contributed by atoms with E-state index in [4.69, 9.17) is 28.4 Å². The molecule has 2 aromatic rings. The first-order valence-electron chi connectivity index (χ1n) is 10.5. The van der Waals surface area contributed by atoms with Gasteiger partial charge in [-0.15, -0.1) is 0 Å². The highest BCUT2D eigenvalue weighted by molar-refractivity contribution is 5.59. The molecule has 0 bridgehead atoms. The van der Waals surface area contributed by atoms with Crippen LogP contribution < -0.4 is 19.5 Å². The molecule has 0 radical (unpaired) electrons. The number of hydrogen-bond acceptors (Lipinski definition) is 7. The van der Waals surface area contributed by atoms with Crippen molar-refractivity contribution in [3.8, 4) is 17.2 Å². The average Bonchev–Trinajstić information content (AvgIpc) is 2.83. The lowest BCUT2D eigenvalue weighted by atomic mass is 10.0. The summed E-state index contributed by atoms with van der Waals surface area (Å²) in [5, 5.41) is 3.47. The topological polar surface area (TPSA) is 67.4 Å². The predicted molar refractivity (Wildman–Crippen MR) is 125 cm³/mol. The van der Waals surface area contributed by atoms with Gasteiger partial charge in [0.05, 0.1) is 33.5 Å². The molecule has 0 saturated heterocycles. The Bertz CT molecular complexity index is 823. The average molecular weight is 446 g/mol. The molecule has 1 atom stereocenters. The normalized spacial score (nSPS) is 11.9. The van der Waals surface area contributed by atoms with E-state index in [-0.39, 0.29) is 6.04 Å². The second-order valence-electron chi connectivity index (χ2n) is 7.12. The highest BCUT2D eigenvalue weighted by Crippen LogP contribution is 2.43. The van der Waals surface area contributed by atoms with Crippen LogP contribution in [0.2, 0.25) is 0 Å². The van der Waals surface area contributed by atoms with Crippen LogP contribution in [0.3, 0.4) is 0 Å². The quantitative estimate of drug-likeness (QED) is 0.328. The van der Waals surface area contributed by atoms with Crippen LogP contribution in [0.15, 0.2) is 49.1 Å². The number of nitrogens with one attached hydrogen (secondary N) is 1. The molecule has 0 aromatic heterocycles. The number of methoxy groups -OCH3 is 4. The summed E-state index contributed by atoms with van der Waals surface area (Å²) >= 11 is 0. The van der Waals surface area contributed by atoms with Gasteiger partial charge in [-0.1, -0.05) is 43.0 Å². The first-order valence-corrected chi connectivity index (χ1v) is 10.5. The Morgan fingerprint density at radius 3 is 2.28 bits per heavy atom. The second kappa shape index (κ2) is 13.8. The van der Waals surface area contributed by atoms with E-state index in [1.165, 1.54) is 0 Å². The first-order chi connectivity index (χ1) is 15.6. The van der Waals surface area contributed by atoms with Crippen molar-refractivity contribution < 1.29 is 28.4 Å². The van der Waals surface area contributed by atoms with Crippen LogP contribution in [0, 0.1) is 6.92 Å². The number of rotatable bonds is 15. The lowest BCUT2D eigenvalue weighted by molar-refractivity contribution is -0.101. The lowest BCUT2D eigenvalue weighted by Gasteiger charge is -2.26. The molecule has 1 N–H and O–H groups in total. The minimum atomic E-state index is -0.401. The van der Waals surface area contributed by atoms with Gasteiger partial charge in [-0.05, 0) is 18.6 Å². The van der Waals surface area contributed by atoms with E-state index in [0.717, 1.165) is 16.7 Å². The van der Waals surface area contributed by atoms with Gasteiger partial charge in [0.1, 0.15) is 12.4 Å². The van der Waals surface area contributed by atoms with Crippen LogP contribution in [-0.4, -0.2) is 54.5 Å². The molecule has 0 spiro atoms. The molecule has 0 aliphatic heterocycles. The maximum absolute atomic E-state index is 6.06. The Morgan fingerprint density at radius 2 is 1.69 bits per heavy atom. The largest absolute Gasteiger partial charge is 0.492 e.